The van der Waals surface area contributed by atoms with Gasteiger partial charge in [0.15, 0.2) is 0 Å². The average molecular weight is 1120 g/mol. The van der Waals surface area contributed by atoms with Crippen molar-refractivity contribution in [2.45, 2.75) is 12.8 Å². The number of aryl methyl sites for hydroxylation is 2. The number of fused-ring (bicyclic) bond motifs is 6. The summed E-state index contributed by atoms with van der Waals surface area (Å²) < 4.78 is 2.16. The third-order valence-corrected chi connectivity index (χ3v) is 14.0. The second-order valence-electron chi connectivity index (χ2n) is 18.5. The molecule has 0 atom stereocenters. The van der Waals surface area contributed by atoms with Gasteiger partial charge in [-0.25, -0.2) is 0 Å². The molecule has 13 rings (SSSR count). The fraction of sp³-hybridized carbons (Fsp3) is 0.0290. The maximum atomic E-state index is 4.78. The maximum Gasteiger partial charge on any atom is 3.00 e. The van der Waals surface area contributed by atoms with E-state index in [1.807, 2.05) is 55.1 Å². The van der Waals surface area contributed by atoms with Crippen molar-refractivity contribution in [2.24, 2.45) is 0 Å². The minimum absolute atomic E-state index is 0. The van der Waals surface area contributed by atoms with Gasteiger partial charge in [0.1, 0.15) is 0 Å². The topological polar surface area (TPSA) is 43.1 Å². The van der Waals surface area contributed by atoms with Crippen molar-refractivity contribution in [3.05, 3.63) is 279 Å². The summed E-state index contributed by atoms with van der Waals surface area (Å²) >= 11 is 0. The van der Waals surface area contributed by atoms with Crippen molar-refractivity contribution in [1.29, 1.82) is 0 Å². The predicted molar refractivity (Wildman–Crippen MR) is 300 cm³/mol. The monoisotopic (exact) mass is 1120 g/mol. The summed E-state index contributed by atoms with van der Waals surface area (Å²) in [6, 6.07) is 91.1. The second kappa shape index (κ2) is 20.3. The molecule has 0 bridgehead atoms. The number of hydrogen-bond acceptors (Lipinski definition) is 3. The summed E-state index contributed by atoms with van der Waals surface area (Å²) in [6.07, 6.45) is 9.27. The van der Waals surface area contributed by atoms with Crippen molar-refractivity contribution in [2.75, 3.05) is 0 Å². The minimum Gasteiger partial charge on any atom is -0.340 e. The van der Waals surface area contributed by atoms with Crippen LogP contribution >= 0.6 is 0 Å². The molecule has 5 heteroatoms. The van der Waals surface area contributed by atoms with E-state index in [2.05, 4.69) is 222 Å². The molecule has 350 valence electrons. The van der Waals surface area contributed by atoms with E-state index in [1.165, 1.54) is 27.6 Å². The van der Waals surface area contributed by atoms with Crippen LogP contribution in [0, 0.1) is 18.2 Å². The third-order valence-electron chi connectivity index (χ3n) is 14.0. The van der Waals surface area contributed by atoms with Crippen LogP contribution in [0.25, 0.3) is 117 Å². The summed E-state index contributed by atoms with van der Waals surface area (Å²) in [7, 11) is 0. The van der Waals surface area contributed by atoms with Crippen molar-refractivity contribution in [3.63, 3.8) is 0 Å². The Bertz CT molecular complexity index is 4110. The summed E-state index contributed by atoms with van der Waals surface area (Å²) in [5.74, 6) is 0. The molecule has 0 fully saturated rings. The zero-order chi connectivity index (χ0) is 48.5. The molecule has 74 heavy (non-hydrogen) atoms. The van der Waals surface area contributed by atoms with Crippen LogP contribution in [-0.2, 0) is 32.9 Å². The standard InChI is InChI=1S/C69H45N4.Ir/c1-2-14-49(15-3-1)50-30-32-51(33-31-50)64-46-54(67-22-11-13-39-71-67)35-36-61(64)60-19-7-6-18-59(60)56-43-48(25-24-47-26-28-52(29-27-47)66-21-10-12-38-70-66)42-55(44-56)58-17-5-4-16-57(58)53-34-37-63-65(45-53)62-20-8-9-23-68(62)73-41-40-72-69(63)73;/h1-23,26-28,30-34,36,38-46H,24-25H2;/q-3;+3. The van der Waals surface area contributed by atoms with Gasteiger partial charge in [0.25, 0.3) is 0 Å². The summed E-state index contributed by atoms with van der Waals surface area (Å²) in [4.78, 5) is 14.1. The molecular weight excluding hydrogens is 1080 g/mol. The molecule has 0 radical (unpaired) electrons. The van der Waals surface area contributed by atoms with Crippen LogP contribution < -0.4 is 0 Å². The number of imidazole rings is 1. The Labute approximate surface area is 444 Å². The zero-order valence-electron chi connectivity index (χ0n) is 40.2. The molecular formula is C69H45IrN4. The van der Waals surface area contributed by atoms with Gasteiger partial charge in [0.05, 0.1) is 5.65 Å². The van der Waals surface area contributed by atoms with Crippen molar-refractivity contribution >= 4 is 27.3 Å². The number of rotatable bonds is 11. The summed E-state index contributed by atoms with van der Waals surface area (Å²) in [5, 5.41) is 3.31. The first-order valence-corrected chi connectivity index (χ1v) is 24.8. The largest absolute Gasteiger partial charge is 3.00 e. The van der Waals surface area contributed by atoms with Crippen LogP contribution in [-0.4, -0.2) is 19.4 Å². The SMILES string of the molecule is [Ir+3].[c-]1cc(CCc2cc(-c3ccccc3-c3c[c-]c4c(c3)c3ccccc3n3ccnc43)cc(-c3ccccc3-c3c[c-]c(-c4ccccn4)cc3-c3ccc(-c4ccccc4)cc3)c2)ccc1-c1ccccn1. The van der Waals surface area contributed by atoms with Crippen LogP contribution in [0.3, 0.4) is 0 Å². The van der Waals surface area contributed by atoms with E-state index >= 15 is 0 Å². The van der Waals surface area contributed by atoms with E-state index in [9.17, 15) is 0 Å². The van der Waals surface area contributed by atoms with Crippen molar-refractivity contribution in [1.82, 2.24) is 19.4 Å². The molecule has 0 saturated carbocycles. The molecule has 0 aliphatic heterocycles. The second-order valence-corrected chi connectivity index (χ2v) is 18.5. The quantitative estimate of drug-likeness (QED) is 0.0957. The number of nitrogens with zero attached hydrogens (tertiary/aromatic N) is 4. The van der Waals surface area contributed by atoms with Gasteiger partial charge >= 0.3 is 20.1 Å². The van der Waals surface area contributed by atoms with Crippen LogP contribution in [0.1, 0.15) is 11.1 Å². The van der Waals surface area contributed by atoms with E-state index in [0.29, 0.717) is 0 Å². The van der Waals surface area contributed by atoms with Gasteiger partial charge in [-0.3, -0.25) is 4.98 Å². The molecule has 0 aliphatic rings. The first-order chi connectivity index (χ1) is 36.2. The Hall–Kier alpha value is -8.86. The summed E-state index contributed by atoms with van der Waals surface area (Å²) in [5.41, 5.74) is 21.9. The van der Waals surface area contributed by atoms with E-state index in [0.717, 1.165) is 113 Å². The smallest absolute Gasteiger partial charge is 0.340 e. The molecule has 13 aromatic rings. The molecule has 4 aromatic heterocycles. The molecule has 0 amide bonds. The fourth-order valence-corrected chi connectivity index (χ4v) is 10.4. The van der Waals surface area contributed by atoms with E-state index in [4.69, 9.17) is 9.97 Å². The van der Waals surface area contributed by atoms with E-state index in [1.54, 1.807) is 0 Å². The Morgan fingerprint density at radius 1 is 0.351 bits per heavy atom. The van der Waals surface area contributed by atoms with Gasteiger partial charge in [-0.15, -0.1) is 82.7 Å². The van der Waals surface area contributed by atoms with Gasteiger partial charge in [-0.2, -0.15) is 0 Å². The normalized spacial score (nSPS) is 11.2. The summed E-state index contributed by atoms with van der Waals surface area (Å²) in [6.45, 7) is 0. The maximum absolute atomic E-state index is 4.78. The Balaban J connectivity index is 0.00000556. The van der Waals surface area contributed by atoms with Gasteiger partial charge in [-0.05, 0) is 92.0 Å². The van der Waals surface area contributed by atoms with Crippen molar-refractivity contribution in [3.8, 4) is 89.3 Å². The molecule has 4 heterocycles. The number of para-hydroxylation sites is 1. The molecule has 0 saturated heterocycles. The number of hydrogen-bond donors (Lipinski definition) is 0. The van der Waals surface area contributed by atoms with Crippen LogP contribution in [0.4, 0.5) is 0 Å². The molecule has 4 nitrogen and oxygen atoms in total. The molecule has 0 aliphatic carbocycles. The Morgan fingerprint density at radius 3 is 1.68 bits per heavy atom. The number of aromatic nitrogens is 4. The fourth-order valence-electron chi connectivity index (χ4n) is 10.4. The molecule has 0 unspecified atom stereocenters. The average Bonchev–Trinajstić information content (AvgIpc) is 3.98. The third kappa shape index (κ3) is 8.94. The van der Waals surface area contributed by atoms with Crippen LogP contribution in [0.2, 0.25) is 0 Å². The Morgan fingerprint density at radius 2 is 0.959 bits per heavy atom. The van der Waals surface area contributed by atoms with Crippen molar-refractivity contribution < 1.29 is 20.1 Å². The first kappa shape index (κ1) is 46.2. The van der Waals surface area contributed by atoms with Gasteiger partial charge in [0, 0.05) is 30.3 Å². The van der Waals surface area contributed by atoms with Gasteiger partial charge < -0.3 is 14.4 Å². The zero-order valence-corrected chi connectivity index (χ0v) is 42.6. The number of benzene rings is 9. The van der Waals surface area contributed by atoms with E-state index < -0.39 is 0 Å². The Kier molecular flexibility index (Phi) is 12.7. The first-order valence-electron chi connectivity index (χ1n) is 24.8. The number of pyridine rings is 3. The van der Waals surface area contributed by atoms with E-state index in [-0.39, 0.29) is 20.1 Å². The predicted octanol–water partition coefficient (Wildman–Crippen LogP) is 16.9. The molecule has 9 aromatic carbocycles. The van der Waals surface area contributed by atoms with Crippen LogP contribution in [0.15, 0.2) is 249 Å². The minimum atomic E-state index is 0. The molecule has 0 spiro atoms. The van der Waals surface area contributed by atoms with Gasteiger partial charge in [0.2, 0.25) is 0 Å². The van der Waals surface area contributed by atoms with Gasteiger partial charge in [-0.1, -0.05) is 197 Å². The van der Waals surface area contributed by atoms with Crippen LogP contribution in [0.5, 0.6) is 0 Å². The molecule has 0 N–H and O–H groups in total.